The van der Waals surface area contributed by atoms with Crippen molar-refractivity contribution in [3.05, 3.63) is 58.6 Å². The minimum Gasteiger partial charge on any atom is -0.495 e. The van der Waals surface area contributed by atoms with Gasteiger partial charge in [-0.2, -0.15) is 18.3 Å². The van der Waals surface area contributed by atoms with Gasteiger partial charge in [-0.1, -0.05) is 23.7 Å². The maximum Gasteiger partial charge on any atom is 0.416 e. The van der Waals surface area contributed by atoms with Crippen LogP contribution in [0.15, 0.2) is 47.6 Å². The number of nitrogens with zero attached hydrogens (tertiary/aromatic N) is 1. The molecule has 2 aromatic carbocycles. The van der Waals surface area contributed by atoms with Crippen molar-refractivity contribution in [2.45, 2.75) is 6.18 Å². The third-order valence-corrected chi connectivity index (χ3v) is 3.07. The molecule has 0 aliphatic carbocycles. The molecular weight excluding hydrogens is 317 g/mol. The van der Waals surface area contributed by atoms with E-state index in [4.69, 9.17) is 16.3 Å². The maximum atomic E-state index is 12.6. The highest BCUT2D eigenvalue weighted by Crippen LogP contribution is 2.29. The molecular formula is C15H12ClF3N2O. The summed E-state index contributed by atoms with van der Waals surface area (Å²) in [5, 5.41) is 4.29. The number of hydrogen-bond acceptors (Lipinski definition) is 3. The lowest BCUT2D eigenvalue weighted by Crippen LogP contribution is -2.05. The summed E-state index contributed by atoms with van der Waals surface area (Å²) < 4.78 is 42.8. The van der Waals surface area contributed by atoms with Gasteiger partial charge in [0.2, 0.25) is 0 Å². The molecule has 116 valence electrons. The van der Waals surface area contributed by atoms with E-state index in [9.17, 15) is 13.2 Å². The number of anilines is 1. The van der Waals surface area contributed by atoms with Gasteiger partial charge >= 0.3 is 6.18 Å². The van der Waals surface area contributed by atoms with Crippen molar-refractivity contribution >= 4 is 23.5 Å². The van der Waals surface area contributed by atoms with Crippen LogP contribution < -0.4 is 10.2 Å². The van der Waals surface area contributed by atoms with Gasteiger partial charge in [0.05, 0.1) is 29.6 Å². The van der Waals surface area contributed by atoms with E-state index in [1.54, 1.807) is 18.2 Å². The zero-order valence-electron chi connectivity index (χ0n) is 11.5. The Bertz CT molecular complexity index is 687. The van der Waals surface area contributed by atoms with Crippen molar-refractivity contribution in [3.63, 3.8) is 0 Å². The Hall–Kier alpha value is -2.21. The van der Waals surface area contributed by atoms with Crippen molar-refractivity contribution in [1.82, 2.24) is 0 Å². The van der Waals surface area contributed by atoms with Gasteiger partial charge in [-0.25, -0.2) is 0 Å². The smallest absolute Gasteiger partial charge is 0.416 e. The van der Waals surface area contributed by atoms with Crippen LogP contribution in [0.25, 0.3) is 0 Å². The van der Waals surface area contributed by atoms with E-state index in [-0.39, 0.29) is 0 Å². The Kier molecular flexibility index (Phi) is 4.92. The lowest BCUT2D eigenvalue weighted by atomic mass is 10.1. The van der Waals surface area contributed by atoms with Crippen molar-refractivity contribution < 1.29 is 17.9 Å². The molecule has 0 aliphatic rings. The van der Waals surface area contributed by atoms with Gasteiger partial charge in [0.25, 0.3) is 0 Å². The standard InChI is InChI=1S/C15H12ClF3N2O/c1-22-14-6-5-12(8-13(14)16)21-20-9-10-3-2-4-11(7-10)15(17,18)19/h2-9,21H,1H3/b20-9+. The molecule has 0 saturated carbocycles. The Morgan fingerprint density at radius 3 is 2.59 bits per heavy atom. The first kappa shape index (κ1) is 16.2. The quantitative estimate of drug-likeness (QED) is 0.645. The van der Waals surface area contributed by atoms with Crippen LogP contribution in [0.4, 0.5) is 18.9 Å². The molecule has 0 aliphatic heterocycles. The number of benzene rings is 2. The summed E-state index contributed by atoms with van der Waals surface area (Å²) in [6.45, 7) is 0. The molecule has 0 spiro atoms. The number of methoxy groups -OCH3 is 1. The summed E-state index contributed by atoms with van der Waals surface area (Å²) in [6, 6.07) is 9.83. The second-order valence-electron chi connectivity index (χ2n) is 4.34. The normalized spacial score (nSPS) is 11.7. The van der Waals surface area contributed by atoms with Gasteiger partial charge in [0, 0.05) is 0 Å². The predicted molar refractivity (Wildman–Crippen MR) is 80.7 cm³/mol. The molecule has 0 amide bonds. The van der Waals surface area contributed by atoms with Gasteiger partial charge in [-0.15, -0.1) is 0 Å². The van der Waals surface area contributed by atoms with Crippen LogP contribution >= 0.6 is 11.6 Å². The lowest BCUT2D eigenvalue weighted by Gasteiger charge is -2.07. The average molecular weight is 329 g/mol. The number of halogens is 4. The van der Waals surface area contributed by atoms with Crippen molar-refractivity contribution in [2.75, 3.05) is 12.5 Å². The van der Waals surface area contributed by atoms with Gasteiger partial charge in [-0.3, -0.25) is 5.43 Å². The summed E-state index contributed by atoms with van der Waals surface area (Å²) in [7, 11) is 1.50. The topological polar surface area (TPSA) is 33.6 Å². The number of alkyl halides is 3. The second-order valence-corrected chi connectivity index (χ2v) is 4.75. The molecule has 0 aromatic heterocycles. The van der Waals surface area contributed by atoms with Crippen LogP contribution in [0.1, 0.15) is 11.1 Å². The lowest BCUT2D eigenvalue weighted by molar-refractivity contribution is -0.137. The summed E-state index contributed by atoms with van der Waals surface area (Å²) in [5.41, 5.74) is 2.90. The fourth-order valence-corrected chi connectivity index (χ4v) is 1.97. The van der Waals surface area contributed by atoms with E-state index in [2.05, 4.69) is 10.5 Å². The maximum absolute atomic E-state index is 12.6. The highest BCUT2D eigenvalue weighted by molar-refractivity contribution is 6.32. The molecule has 0 unspecified atom stereocenters. The van der Waals surface area contributed by atoms with Crippen LogP contribution in [0.3, 0.4) is 0 Å². The fraction of sp³-hybridized carbons (Fsp3) is 0.133. The molecule has 0 bridgehead atoms. The number of ether oxygens (including phenoxy) is 1. The van der Waals surface area contributed by atoms with E-state index in [1.165, 1.54) is 25.5 Å². The van der Waals surface area contributed by atoms with Gasteiger partial charge in [0.15, 0.2) is 0 Å². The second kappa shape index (κ2) is 6.70. The Morgan fingerprint density at radius 2 is 1.95 bits per heavy atom. The monoisotopic (exact) mass is 328 g/mol. The Balaban J connectivity index is 2.08. The molecule has 0 atom stereocenters. The number of rotatable bonds is 4. The summed E-state index contributed by atoms with van der Waals surface area (Å²) in [6.07, 6.45) is -3.08. The molecule has 3 nitrogen and oxygen atoms in total. The zero-order valence-corrected chi connectivity index (χ0v) is 12.2. The third kappa shape index (κ3) is 4.14. The molecule has 2 aromatic rings. The van der Waals surface area contributed by atoms with Crippen LogP contribution in [-0.4, -0.2) is 13.3 Å². The zero-order chi connectivity index (χ0) is 16.2. The summed E-state index contributed by atoms with van der Waals surface area (Å²) in [4.78, 5) is 0. The molecule has 0 heterocycles. The van der Waals surface area contributed by atoms with Crippen LogP contribution in [0.5, 0.6) is 5.75 Å². The Morgan fingerprint density at radius 1 is 1.18 bits per heavy atom. The fourth-order valence-electron chi connectivity index (χ4n) is 1.71. The van der Waals surface area contributed by atoms with Crippen LogP contribution in [0, 0.1) is 0 Å². The molecule has 0 saturated heterocycles. The Labute approximate surface area is 130 Å². The highest BCUT2D eigenvalue weighted by Gasteiger charge is 2.30. The summed E-state index contributed by atoms with van der Waals surface area (Å²) in [5.74, 6) is 0.522. The number of hydrazone groups is 1. The van der Waals surface area contributed by atoms with E-state index in [0.717, 1.165) is 12.1 Å². The van der Waals surface area contributed by atoms with Crippen molar-refractivity contribution in [1.29, 1.82) is 0 Å². The average Bonchev–Trinajstić information content (AvgIpc) is 2.47. The first-order valence-electron chi connectivity index (χ1n) is 6.20. The number of nitrogens with one attached hydrogen (secondary N) is 1. The van der Waals surface area contributed by atoms with E-state index in [1.807, 2.05) is 0 Å². The SMILES string of the molecule is COc1ccc(N/N=C/c2cccc(C(F)(F)F)c2)cc1Cl. The third-order valence-electron chi connectivity index (χ3n) is 2.77. The first-order chi connectivity index (χ1) is 10.4. The largest absolute Gasteiger partial charge is 0.495 e. The van der Waals surface area contributed by atoms with E-state index < -0.39 is 11.7 Å². The molecule has 2 rings (SSSR count). The van der Waals surface area contributed by atoms with Gasteiger partial charge in [0.1, 0.15) is 5.75 Å². The van der Waals surface area contributed by atoms with E-state index in [0.29, 0.717) is 22.0 Å². The molecule has 0 fully saturated rings. The predicted octanol–water partition coefficient (Wildman–Crippen LogP) is 4.81. The first-order valence-corrected chi connectivity index (χ1v) is 6.58. The van der Waals surface area contributed by atoms with Crippen molar-refractivity contribution in [2.24, 2.45) is 5.10 Å². The van der Waals surface area contributed by atoms with Gasteiger partial charge < -0.3 is 4.74 Å². The number of hydrogen-bond donors (Lipinski definition) is 1. The highest BCUT2D eigenvalue weighted by atomic mass is 35.5. The van der Waals surface area contributed by atoms with E-state index >= 15 is 0 Å². The van der Waals surface area contributed by atoms with Crippen LogP contribution in [0.2, 0.25) is 5.02 Å². The van der Waals surface area contributed by atoms with Gasteiger partial charge in [-0.05, 0) is 35.9 Å². The summed E-state index contributed by atoms with van der Waals surface area (Å²) >= 11 is 5.95. The molecule has 22 heavy (non-hydrogen) atoms. The molecule has 1 N–H and O–H groups in total. The minimum absolute atomic E-state index is 0.335. The minimum atomic E-state index is -4.37. The molecule has 7 heteroatoms. The molecule has 0 radical (unpaired) electrons. The van der Waals surface area contributed by atoms with Crippen molar-refractivity contribution in [3.8, 4) is 5.75 Å². The van der Waals surface area contributed by atoms with Crippen LogP contribution in [-0.2, 0) is 6.18 Å².